The van der Waals surface area contributed by atoms with Crippen molar-refractivity contribution in [3.63, 3.8) is 0 Å². The predicted octanol–water partition coefficient (Wildman–Crippen LogP) is 2.60. The largest absolute Gasteiger partial charge is 0.344 e. The Morgan fingerprint density at radius 2 is 2.19 bits per heavy atom. The molecule has 0 saturated carbocycles. The van der Waals surface area contributed by atoms with Crippen molar-refractivity contribution in [2.24, 2.45) is 14.1 Å². The van der Waals surface area contributed by atoms with E-state index in [1.54, 1.807) is 37.1 Å². The van der Waals surface area contributed by atoms with Crippen LogP contribution in [0.2, 0.25) is 5.02 Å². The third kappa shape index (κ3) is 2.09. The van der Waals surface area contributed by atoms with E-state index in [1.807, 2.05) is 6.07 Å². The van der Waals surface area contributed by atoms with E-state index in [0.717, 1.165) is 16.6 Å². The van der Waals surface area contributed by atoms with Crippen LogP contribution >= 0.6 is 23.1 Å². The smallest absolute Gasteiger partial charge is 0.280 e. The first-order chi connectivity index (χ1) is 10.0. The van der Waals surface area contributed by atoms with Crippen LogP contribution in [-0.4, -0.2) is 13.7 Å². The number of nitriles is 1. The fraction of sp³-hybridized carbons (Fsp3) is 0.154. The standard InChI is InChI=1S/C13H10ClN5OS/c1-18-11-8(6-16-18)10(4-3-9(11)14)17-12-7(5-15)13(20)19(2)21-12/h3-4,6,17H,1-2H3. The van der Waals surface area contributed by atoms with Crippen LogP contribution in [0.25, 0.3) is 10.9 Å². The Labute approximate surface area is 128 Å². The van der Waals surface area contributed by atoms with E-state index in [4.69, 9.17) is 16.9 Å². The molecule has 0 atom stereocenters. The van der Waals surface area contributed by atoms with Crippen molar-refractivity contribution in [2.45, 2.75) is 0 Å². The molecule has 0 radical (unpaired) electrons. The lowest BCUT2D eigenvalue weighted by atomic mass is 10.2. The molecule has 0 spiro atoms. The van der Waals surface area contributed by atoms with Crippen LogP contribution < -0.4 is 10.9 Å². The highest BCUT2D eigenvalue weighted by Gasteiger charge is 2.15. The third-order valence-corrected chi connectivity index (χ3v) is 4.40. The van der Waals surface area contributed by atoms with Gasteiger partial charge in [0, 0.05) is 19.5 Å². The van der Waals surface area contributed by atoms with E-state index in [0.29, 0.717) is 10.0 Å². The second-order valence-corrected chi connectivity index (χ2v) is 6.01. The zero-order chi connectivity index (χ0) is 15.1. The van der Waals surface area contributed by atoms with Gasteiger partial charge in [0.25, 0.3) is 5.56 Å². The summed E-state index contributed by atoms with van der Waals surface area (Å²) in [6.45, 7) is 0. The summed E-state index contributed by atoms with van der Waals surface area (Å²) >= 11 is 7.36. The minimum absolute atomic E-state index is 0.106. The Balaban J connectivity index is 2.16. The van der Waals surface area contributed by atoms with Gasteiger partial charge in [-0.25, -0.2) is 0 Å². The number of aryl methyl sites for hydroxylation is 2. The molecule has 0 aliphatic carbocycles. The van der Waals surface area contributed by atoms with Crippen LogP contribution in [0.4, 0.5) is 10.7 Å². The molecule has 1 aromatic carbocycles. The van der Waals surface area contributed by atoms with Crippen molar-refractivity contribution < 1.29 is 0 Å². The number of fused-ring (bicyclic) bond motifs is 1. The van der Waals surface area contributed by atoms with Crippen LogP contribution in [0.1, 0.15) is 5.56 Å². The lowest BCUT2D eigenvalue weighted by Gasteiger charge is -2.06. The fourth-order valence-corrected chi connectivity index (χ4v) is 3.25. The maximum Gasteiger partial charge on any atom is 0.280 e. The Bertz CT molecular complexity index is 946. The minimum Gasteiger partial charge on any atom is -0.344 e. The molecule has 0 aliphatic rings. The minimum atomic E-state index is -0.304. The normalized spacial score (nSPS) is 10.8. The van der Waals surface area contributed by atoms with Crippen LogP contribution in [-0.2, 0) is 14.1 Å². The summed E-state index contributed by atoms with van der Waals surface area (Å²) < 4.78 is 3.10. The summed E-state index contributed by atoms with van der Waals surface area (Å²) in [5.74, 6) is 0. The number of anilines is 2. The highest BCUT2D eigenvalue weighted by Crippen LogP contribution is 2.32. The molecule has 0 saturated heterocycles. The van der Waals surface area contributed by atoms with E-state index in [2.05, 4.69) is 10.4 Å². The van der Waals surface area contributed by atoms with Gasteiger partial charge in [0.05, 0.1) is 22.4 Å². The zero-order valence-electron chi connectivity index (χ0n) is 11.2. The van der Waals surface area contributed by atoms with Crippen LogP contribution in [0.3, 0.4) is 0 Å². The van der Waals surface area contributed by atoms with E-state index >= 15 is 0 Å². The summed E-state index contributed by atoms with van der Waals surface area (Å²) in [7, 11) is 3.43. The molecular formula is C13H10ClN5OS. The highest BCUT2D eigenvalue weighted by atomic mass is 35.5. The van der Waals surface area contributed by atoms with Crippen LogP contribution in [0.15, 0.2) is 23.1 Å². The number of hydrogen-bond donors (Lipinski definition) is 1. The average molecular weight is 320 g/mol. The predicted molar refractivity (Wildman–Crippen MR) is 83.3 cm³/mol. The summed E-state index contributed by atoms with van der Waals surface area (Å²) in [4.78, 5) is 11.8. The van der Waals surface area contributed by atoms with Gasteiger partial charge in [0.1, 0.15) is 11.1 Å². The molecule has 2 aromatic heterocycles. The van der Waals surface area contributed by atoms with E-state index < -0.39 is 0 Å². The Kier molecular flexibility index (Phi) is 3.20. The topological polar surface area (TPSA) is 75.6 Å². The van der Waals surface area contributed by atoms with Gasteiger partial charge in [-0.2, -0.15) is 10.4 Å². The Morgan fingerprint density at radius 3 is 2.90 bits per heavy atom. The van der Waals surface area contributed by atoms with Gasteiger partial charge in [-0.15, -0.1) is 0 Å². The van der Waals surface area contributed by atoms with E-state index in [9.17, 15) is 4.79 Å². The van der Waals surface area contributed by atoms with Gasteiger partial charge in [-0.05, 0) is 23.7 Å². The van der Waals surface area contributed by atoms with Crippen molar-refractivity contribution in [3.05, 3.63) is 39.3 Å². The summed E-state index contributed by atoms with van der Waals surface area (Å²) in [6, 6.07) is 5.50. The van der Waals surface area contributed by atoms with E-state index in [-0.39, 0.29) is 11.1 Å². The van der Waals surface area contributed by atoms with E-state index in [1.165, 1.54) is 15.5 Å². The molecule has 3 rings (SSSR count). The van der Waals surface area contributed by atoms with Crippen molar-refractivity contribution in [3.8, 4) is 6.07 Å². The summed E-state index contributed by atoms with van der Waals surface area (Å²) in [5, 5.41) is 18.4. The molecule has 2 heterocycles. The SMILES string of the molecule is Cn1sc(Nc2ccc(Cl)c3c2cnn3C)c(C#N)c1=O. The second-order valence-electron chi connectivity index (χ2n) is 4.46. The highest BCUT2D eigenvalue weighted by molar-refractivity contribution is 7.11. The molecule has 0 amide bonds. The molecule has 1 N–H and O–H groups in total. The summed E-state index contributed by atoms with van der Waals surface area (Å²) in [5.41, 5.74) is 1.35. The van der Waals surface area contributed by atoms with Gasteiger partial charge in [-0.1, -0.05) is 11.6 Å². The van der Waals surface area contributed by atoms with Crippen LogP contribution in [0, 0.1) is 11.3 Å². The van der Waals surface area contributed by atoms with Crippen LogP contribution in [0.5, 0.6) is 0 Å². The molecule has 8 heteroatoms. The summed E-state index contributed by atoms with van der Waals surface area (Å²) in [6.07, 6.45) is 1.70. The van der Waals surface area contributed by atoms with Crippen molar-refractivity contribution in [1.82, 2.24) is 13.7 Å². The molecule has 0 bridgehead atoms. The number of halogens is 1. The quantitative estimate of drug-likeness (QED) is 0.787. The fourth-order valence-electron chi connectivity index (χ4n) is 2.14. The Hall–Kier alpha value is -2.30. The van der Waals surface area contributed by atoms with Gasteiger partial charge in [-0.3, -0.25) is 13.4 Å². The number of nitrogens with one attached hydrogen (secondary N) is 1. The molecule has 21 heavy (non-hydrogen) atoms. The first-order valence-electron chi connectivity index (χ1n) is 6.00. The van der Waals surface area contributed by atoms with Gasteiger partial charge >= 0.3 is 0 Å². The lowest BCUT2D eigenvalue weighted by Crippen LogP contribution is -2.11. The number of benzene rings is 1. The Morgan fingerprint density at radius 1 is 1.43 bits per heavy atom. The monoisotopic (exact) mass is 319 g/mol. The number of aromatic nitrogens is 3. The lowest BCUT2D eigenvalue weighted by molar-refractivity contribution is 0.797. The maximum absolute atomic E-state index is 11.8. The molecule has 0 fully saturated rings. The molecule has 0 unspecified atom stereocenters. The molecule has 6 nitrogen and oxygen atoms in total. The van der Waals surface area contributed by atoms with Crippen molar-refractivity contribution >= 4 is 44.7 Å². The average Bonchev–Trinajstić information content (AvgIpc) is 2.96. The van der Waals surface area contributed by atoms with Gasteiger partial charge < -0.3 is 5.32 Å². The van der Waals surface area contributed by atoms with Gasteiger partial charge in [0.2, 0.25) is 0 Å². The second kappa shape index (κ2) is 4.91. The number of rotatable bonds is 2. The number of hydrogen-bond acceptors (Lipinski definition) is 5. The zero-order valence-corrected chi connectivity index (χ0v) is 12.8. The molecular weight excluding hydrogens is 310 g/mol. The first-order valence-corrected chi connectivity index (χ1v) is 7.15. The molecule has 0 aliphatic heterocycles. The van der Waals surface area contributed by atoms with Gasteiger partial charge in [0.15, 0.2) is 5.56 Å². The third-order valence-electron chi connectivity index (χ3n) is 3.17. The molecule has 106 valence electrons. The van der Waals surface area contributed by atoms with Crippen molar-refractivity contribution in [1.29, 1.82) is 5.26 Å². The first kappa shape index (κ1) is 13.7. The maximum atomic E-state index is 11.8. The number of nitrogens with zero attached hydrogens (tertiary/aromatic N) is 4. The molecule has 3 aromatic rings. The van der Waals surface area contributed by atoms with Crippen molar-refractivity contribution in [2.75, 3.05) is 5.32 Å².